The van der Waals surface area contributed by atoms with E-state index in [9.17, 15) is 0 Å². The van der Waals surface area contributed by atoms with Crippen LogP contribution in [0.3, 0.4) is 0 Å². The van der Waals surface area contributed by atoms with Gasteiger partial charge in [0, 0.05) is 24.1 Å². The van der Waals surface area contributed by atoms with Gasteiger partial charge in [0.1, 0.15) is 0 Å². The van der Waals surface area contributed by atoms with Gasteiger partial charge >= 0.3 is 0 Å². The van der Waals surface area contributed by atoms with E-state index in [0.29, 0.717) is 6.04 Å². The van der Waals surface area contributed by atoms with Crippen molar-refractivity contribution < 1.29 is 4.74 Å². The van der Waals surface area contributed by atoms with Crippen molar-refractivity contribution in [2.24, 2.45) is 0 Å². The Morgan fingerprint density at radius 3 is 2.63 bits per heavy atom. The molecule has 0 atom stereocenters. The van der Waals surface area contributed by atoms with Crippen molar-refractivity contribution in [1.82, 2.24) is 4.98 Å². The first-order chi connectivity index (χ1) is 9.19. The maximum Gasteiger partial charge on any atom is 0.183 e. The average Bonchev–Trinajstić information content (AvgIpc) is 2.84. The minimum Gasteiger partial charge on any atom is -0.384 e. The number of methoxy groups -OCH3 is 1. The zero-order valence-electron chi connectivity index (χ0n) is 11.6. The van der Waals surface area contributed by atoms with E-state index in [2.05, 4.69) is 53.8 Å². The van der Waals surface area contributed by atoms with E-state index in [1.165, 1.54) is 5.56 Å². The quantitative estimate of drug-likeness (QED) is 0.871. The molecule has 1 aromatic heterocycles. The SMILES string of the molecule is COCCc1ccc(-c2csc(NC(C)C)n2)cc1. The van der Waals surface area contributed by atoms with Crippen molar-refractivity contribution in [2.45, 2.75) is 26.3 Å². The second-order valence-corrected chi connectivity index (χ2v) is 5.63. The Kier molecular flexibility index (Phi) is 4.93. The molecule has 1 aromatic carbocycles. The molecule has 2 aromatic rings. The summed E-state index contributed by atoms with van der Waals surface area (Å²) in [5.74, 6) is 0. The second kappa shape index (κ2) is 6.68. The number of benzene rings is 1. The first-order valence-electron chi connectivity index (χ1n) is 6.49. The lowest BCUT2D eigenvalue weighted by Gasteiger charge is -2.04. The number of aromatic nitrogens is 1. The van der Waals surface area contributed by atoms with Crippen LogP contribution < -0.4 is 5.32 Å². The summed E-state index contributed by atoms with van der Waals surface area (Å²) in [4.78, 5) is 4.60. The Balaban J connectivity index is 2.07. The molecule has 1 N–H and O–H groups in total. The lowest BCUT2D eigenvalue weighted by atomic mass is 10.1. The van der Waals surface area contributed by atoms with E-state index in [-0.39, 0.29) is 0 Å². The van der Waals surface area contributed by atoms with Gasteiger partial charge in [0.25, 0.3) is 0 Å². The Bertz CT molecular complexity index is 505. The topological polar surface area (TPSA) is 34.1 Å². The predicted octanol–water partition coefficient (Wildman–Crippen LogP) is 3.82. The predicted molar refractivity (Wildman–Crippen MR) is 81.9 cm³/mol. The van der Waals surface area contributed by atoms with Gasteiger partial charge in [0.15, 0.2) is 5.13 Å². The van der Waals surface area contributed by atoms with Crippen LogP contribution in [-0.4, -0.2) is 24.7 Å². The lowest BCUT2D eigenvalue weighted by Crippen LogP contribution is -2.08. The summed E-state index contributed by atoms with van der Waals surface area (Å²) >= 11 is 1.65. The molecule has 0 aliphatic rings. The van der Waals surface area contributed by atoms with Gasteiger partial charge in [0.2, 0.25) is 0 Å². The molecule has 0 saturated carbocycles. The van der Waals surface area contributed by atoms with Gasteiger partial charge < -0.3 is 10.1 Å². The number of hydrogen-bond acceptors (Lipinski definition) is 4. The fourth-order valence-electron chi connectivity index (χ4n) is 1.78. The van der Waals surface area contributed by atoms with Gasteiger partial charge in [-0.25, -0.2) is 4.98 Å². The highest BCUT2D eigenvalue weighted by molar-refractivity contribution is 7.14. The highest BCUT2D eigenvalue weighted by atomic mass is 32.1. The number of thiazole rings is 1. The number of rotatable bonds is 6. The van der Waals surface area contributed by atoms with Crippen LogP contribution in [0.15, 0.2) is 29.6 Å². The second-order valence-electron chi connectivity index (χ2n) is 4.78. The Morgan fingerprint density at radius 1 is 1.26 bits per heavy atom. The van der Waals surface area contributed by atoms with Crippen molar-refractivity contribution in [3.05, 3.63) is 35.2 Å². The minimum absolute atomic E-state index is 0.412. The van der Waals surface area contributed by atoms with Gasteiger partial charge in [-0.15, -0.1) is 11.3 Å². The molecule has 0 radical (unpaired) electrons. The molecule has 0 saturated heterocycles. The maximum absolute atomic E-state index is 5.08. The van der Waals surface area contributed by atoms with E-state index in [1.807, 2.05) is 0 Å². The highest BCUT2D eigenvalue weighted by Gasteiger charge is 2.05. The molecular formula is C15H20N2OS. The van der Waals surface area contributed by atoms with E-state index in [4.69, 9.17) is 4.74 Å². The number of anilines is 1. The highest BCUT2D eigenvalue weighted by Crippen LogP contribution is 2.25. The Labute approximate surface area is 118 Å². The van der Waals surface area contributed by atoms with Crippen LogP contribution in [0.5, 0.6) is 0 Å². The van der Waals surface area contributed by atoms with Crippen LogP contribution in [0.1, 0.15) is 19.4 Å². The summed E-state index contributed by atoms with van der Waals surface area (Å²) in [6.45, 7) is 5.00. The summed E-state index contributed by atoms with van der Waals surface area (Å²) in [6, 6.07) is 8.95. The normalized spacial score (nSPS) is 10.9. The Hall–Kier alpha value is -1.39. The maximum atomic E-state index is 5.08. The van der Waals surface area contributed by atoms with Crippen LogP contribution in [0.2, 0.25) is 0 Å². The monoisotopic (exact) mass is 276 g/mol. The van der Waals surface area contributed by atoms with E-state index < -0.39 is 0 Å². The molecule has 1 heterocycles. The fourth-order valence-corrected chi connectivity index (χ4v) is 2.65. The molecule has 0 spiro atoms. The van der Waals surface area contributed by atoms with Crippen molar-refractivity contribution in [3.8, 4) is 11.3 Å². The third kappa shape index (κ3) is 4.04. The summed E-state index contributed by atoms with van der Waals surface area (Å²) in [6.07, 6.45) is 0.952. The van der Waals surface area contributed by atoms with Crippen molar-refractivity contribution in [2.75, 3.05) is 19.0 Å². The summed E-state index contributed by atoms with van der Waals surface area (Å²) < 4.78 is 5.08. The van der Waals surface area contributed by atoms with Crippen molar-refractivity contribution >= 4 is 16.5 Å². The zero-order chi connectivity index (χ0) is 13.7. The van der Waals surface area contributed by atoms with Crippen molar-refractivity contribution in [1.29, 1.82) is 0 Å². The van der Waals surface area contributed by atoms with E-state index in [0.717, 1.165) is 29.4 Å². The van der Waals surface area contributed by atoms with Crippen LogP contribution in [0, 0.1) is 0 Å². The minimum atomic E-state index is 0.412. The van der Waals surface area contributed by atoms with Gasteiger partial charge in [-0.1, -0.05) is 24.3 Å². The van der Waals surface area contributed by atoms with Crippen molar-refractivity contribution in [3.63, 3.8) is 0 Å². The van der Waals surface area contributed by atoms with E-state index >= 15 is 0 Å². The average molecular weight is 276 g/mol. The number of ether oxygens (including phenoxy) is 1. The molecule has 0 fully saturated rings. The molecule has 3 nitrogen and oxygen atoms in total. The molecule has 19 heavy (non-hydrogen) atoms. The van der Waals surface area contributed by atoms with Crippen LogP contribution >= 0.6 is 11.3 Å². The first-order valence-corrected chi connectivity index (χ1v) is 7.37. The molecule has 4 heteroatoms. The molecule has 0 unspecified atom stereocenters. The molecule has 0 aliphatic heterocycles. The summed E-state index contributed by atoms with van der Waals surface area (Å²) in [5.41, 5.74) is 3.49. The first kappa shape index (κ1) is 14.0. The Morgan fingerprint density at radius 2 is 2.00 bits per heavy atom. The summed E-state index contributed by atoms with van der Waals surface area (Å²) in [7, 11) is 1.73. The molecule has 0 bridgehead atoms. The van der Waals surface area contributed by atoms with Gasteiger partial charge in [-0.05, 0) is 25.8 Å². The molecule has 0 amide bonds. The van der Waals surface area contributed by atoms with Gasteiger partial charge in [-0.3, -0.25) is 0 Å². The standard InChI is InChI=1S/C15H20N2OS/c1-11(2)16-15-17-14(10-19-15)13-6-4-12(5-7-13)8-9-18-3/h4-7,10-11H,8-9H2,1-3H3,(H,16,17). The molecule has 0 aliphatic carbocycles. The number of nitrogens with zero attached hydrogens (tertiary/aromatic N) is 1. The third-order valence-electron chi connectivity index (χ3n) is 2.76. The van der Waals surface area contributed by atoms with Crippen LogP contribution in [0.25, 0.3) is 11.3 Å². The molecule has 102 valence electrons. The zero-order valence-corrected chi connectivity index (χ0v) is 12.5. The van der Waals surface area contributed by atoms with E-state index in [1.54, 1.807) is 18.4 Å². The van der Waals surface area contributed by atoms with Crippen LogP contribution in [-0.2, 0) is 11.2 Å². The number of nitrogens with one attached hydrogen (secondary N) is 1. The lowest BCUT2D eigenvalue weighted by molar-refractivity contribution is 0.202. The largest absolute Gasteiger partial charge is 0.384 e. The smallest absolute Gasteiger partial charge is 0.183 e. The fraction of sp³-hybridized carbons (Fsp3) is 0.400. The third-order valence-corrected chi connectivity index (χ3v) is 3.53. The van der Waals surface area contributed by atoms with Gasteiger partial charge in [0.05, 0.1) is 12.3 Å². The molecular weight excluding hydrogens is 256 g/mol. The summed E-state index contributed by atoms with van der Waals surface area (Å²) in [5, 5.41) is 6.40. The van der Waals surface area contributed by atoms with Gasteiger partial charge in [-0.2, -0.15) is 0 Å². The van der Waals surface area contributed by atoms with Crippen LogP contribution in [0.4, 0.5) is 5.13 Å². The molecule has 2 rings (SSSR count). The number of hydrogen-bond donors (Lipinski definition) is 1.